The van der Waals surface area contributed by atoms with Crippen molar-refractivity contribution in [2.45, 2.75) is 124 Å². The van der Waals surface area contributed by atoms with Gasteiger partial charge in [0.05, 0.1) is 27.7 Å². The summed E-state index contributed by atoms with van der Waals surface area (Å²) in [6.07, 6.45) is 22.0. The summed E-state index contributed by atoms with van der Waals surface area (Å²) in [7, 11) is 7.11. The smallest absolute Gasteiger partial charge is 0.220 e. The van der Waals surface area contributed by atoms with Gasteiger partial charge >= 0.3 is 0 Å². The molecule has 1 heterocycles. The SMILES string of the molecule is CC12CCCCC1CCCC2CCC12CCCC1(C(C)(C)CCC(=O)NCCC[N+]1(C)CC[N+](C)(C)CC1)C2. The van der Waals surface area contributed by atoms with Gasteiger partial charge in [-0.05, 0) is 97.7 Å². The fraction of sp³-hybridized carbons (Fsp3) is 0.971. The van der Waals surface area contributed by atoms with Gasteiger partial charge in [-0.3, -0.25) is 4.79 Å². The Kier molecular flexibility index (Phi) is 8.35. The van der Waals surface area contributed by atoms with Crippen LogP contribution in [0.4, 0.5) is 0 Å². The maximum atomic E-state index is 12.9. The predicted molar refractivity (Wildman–Crippen MR) is 163 cm³/mol. The van der Waals surface area contributed by atoms with Crippen LogP contribution in [0.25, 0.3) is 0 Å². The number of piperazine rings is 1. The predicted octanol–water partition coefficient (Wildman–Crippen LogP) is 7.17. The number of rotatable bonds is 11. The van der Waals surface area contributed by atoms with Crippen LogP contribution in [0, 0.1) is 33.5 Å². The van der Waals surface area contributed by atoms with E-state index in [4.69, 9.17) is 0 Å². The molecule has 4 aliphatic carbocycles. The molecule has 4 heteroatoms. The maximum Gasteiger partial charge on any atom is 0.220 e. The molecule has 0 aromatic rings. The Morgan fingerprint density at radius 3 is 2.44 bits per heavy atom. The Morgan fingerprint density at radius 1 is 0.923 bits per heavy atom. The van der Waals surface area contributed by atoms with Crippen molar-refractivity contribution in [1.29, 1.82) is 0 Å². The van der Waals surface area contributed by atoms with Gasteiger partial charge in [0, 0.05) is 19.4 Å². The van der Waals surface area contributed by atoms with Crippen molar-refractivity contribution in [3.8, 4) is 0 Å². The van der Waals surface area contributed by atoms with Crippen LogP contribution in [-0.2, 0) is 4.79 Å². The Labute approximate surface area is 242 Å². The molecule has 0 radical (unpaired) electrons. The first kappa shape index (κ1) is 29.9. The van der Waals surface area contributed by atoms with Crippen molar-refractivity contribution in [3.63, 3.8) is 0 Å². The number of carbonyl (C=O) groups is 1. The second-order valence-corrected chi connectivity index (χ2v) is 17.3. The van der Waals surface area contributed by atoms with Gasteiger partial charge in [0.25, 0.3) is 0 Å². The van der Waals surface area contributed by atoms with Crippen LogP contribution in [0.2, 0.25) is 0 Å². The maximum absolute atomic E-state index is 12.9. The number of fused-ring (bicyclic) bond motifs is 2. The number of hydrogen-bond donors (Lipinski definition) is 1. The van der Waals surface area contributed by atoms with Crippen molar-refractivity contribution in [2.24, 2.45) is 33.5 Å². The van der Waals surface area contributed by atoms with E-state index in [1.165, 1.54) is 121 Å². The fourth-order valence-electron chi connectivity index (χ4n) is 10.9. The molecule has 5 unspecified atom stereocenters. The summed E-state index contributed by atoms with van der Waals surface area (Å²) in [4.78, 5) is 12.9. The summed E-state index contributed by atoms with van der Waals surface area (Å²) in [6.45, 7) is 14.8. The van der Waals surface area contributed by atoms with E-state index in [0.29, 0.717) is 28.6 Å². The standard InChI is InChI=1S/C35H64N3O/c1-32(2,20-16-31(39)36-22-11-23-38(6)26-24-37(4,5)25-27-38)35-19-10-18-34(35,28-35)21-15-30-14-9-13-29-12-7-8-17-33(29,30)3/h29-30H,7-28H2,1-6H3/q+1/p+1. The van der Waals surface area contributed by atoms with Crippen molar-refractivity contribution >= 4 is 5.91 Å². The second-order valence-electron chi connectivity index (χ2n) is 17.3. The van der Waals surface area contributed by atoms with Gasteiger partial charge in [0.15, 0.2) is 0 Å². The van der Waals surface area contributed by atoms with E-state index in [2.05, 4.69) is 47.2 Å². The van der Waals surface area contributed by atoms with Gasteiger partial charge in [-0.25, -0.2) is 0 Å². The largest absolute Gasteiger partial charge is 0.356 e. The van der Waals surface area contributed by atoms with Crippen molar-refractivity contribution in [1.82, 2.24) is 5.32 Å². The molecule has 224 valence electrons. The first-order valence-corrected chi connectivity index (χ1v) is 17.3. The molecule has 5 aliphatic rings. The highest BCUT2D eigenvalue weighted by molar-refractivity contribution is 5.75. The lowest BCUT2D eigenvalue weighted by Crippen LogP contribution is -2.62. The monoisotopic (exact) mass is 544 g/mol. The van der Waals surface area contributed by atoms with E-state index in [9.17, 15) is 4.79 Å². The average molecular weight is 544 g/mol. The Bertz CT molecular complexity index is 869. The zero-order valence-corrected chi connectivity index (χ0v) is 27.0. The van der Waals surface area contributed by atoms with Gasteiger partial charge in [-0.15, -0.1) is 0 Å². The molecule has 0 bridgehead atoms. The van der Waals surface area contributed by atoms with Crippen LogP contribution in [0.3, 0.4) is 0 Å². The molecule has 5 atom stereocenters. The highest BCUT2D eigenvalue weighted by atomic mass is 16.1. The summed E-state index contributed by atoms with van der Waals surface area (Å²) >= 11 is 0. The third-order valence-electron chi connectivity index (χ3n) is 14.2. The first-order chi connectivity index (χ1) is 18.3. The van der Waals surface area contributed by atoms with E-state index in [1.807, 2.05) is 0 Å². The number of nitrogens with one attached hydrogen (secondary N) is 1. The lowest BCUT2D eigenvalue weighted by Gasteiger charge is -2.51. The minimum absolute atomic E-state index is 0.280. The number of hydrogen-bond acceptors (Lipinski definition) is 1. The number of nitrogens with zero attached hydrogens (tertiary/aromatic N) is 2. The molecule has 4 saturated carbocycles. The molecule has 0 aromatic carbocycles. The van der Waals surface area contributed by atoms with E-state index in [0.717, 1.165) is 35.7 Å². The minimum Gasteiger partial charge on any atom is -0.356 e. The number of amides is 1. The van der Waals surface area contributed by atoms with Crippen molar-refractivity contribution in [2.75, 3.05) is 60.4 Å². The van der Waals surface area contributed by atoms with Crippen LogP contribution < -0.4 is 5.32 Å². The molecular formula is C35H65N3O+2. The van der Waals surface area contributed by atoms with Gasteiger partial charge in [0.2, 0.25) is 5.91 Å². The summed E-state index contributed by atoms with van der Waals surface area (Å²) in [6, 6.07) is 0. The molecule has 1 aliphatic heterocycles. The summed E-state index contributed by atoms with van der Waals surface area (Å²) in [5.74, 6) is 2.28. The van der Waals surface area contributed by atoms with Gasteiger partial charge in [-0.1, -0.05) is 46.5 Å². The molecule has 39 heavy (non-hydrogen) atoms. The number of likely N-dealkylation sites (N-methyl/N-ethyl adjacent to an activating group) is 2. The molecule has 1 N–H and O–H groups in total. The molecule has 1 amide bonds. The van der Waals surface area contributed by atoms with E-state index >= 15 is 0 Å². The van der Waals surface area contributed by atoms with Gasteiger partial charge in [0.1, 0.15) is 26.2 Å². The quantitative estimate of drug-likeness (QED) is 0.217. The number of quaternary nitrogens is 2. The van der Waals surface area contributed by atoms with Crippen LogP contribution in [0.5, 0.6) is 0 Å². The molecule has 4 nitrogen and oxygen atoms in total. The Balaban J connectivity index is 1.07. The molecular weight excluding hydrogens is 478 g/mol. The third kappa shape index (κ3) is 5.86. The third-order valence-corrected chi connectivity index (χ3v) is 14.2. The average Bonchev–Trinajstić information content (AvgIpc) is 3.41. The van der Waals surface area contributed by atoms with Crippen LogP contribution in [-0.4, -0.2) is 75.3 Å². The zero-order chi connectivity index (χ0) is 28.0. The topological polar surface area (TPSA) is 29.1 Å². The lowest BCUT2D eigenvalue weighted by atomic mass is 9.54. The van der Waals surface area contributed by atoms with Crippen molar-refractivity contribution in [3.05, 3.63) is 0 Å². The summed E-state index contributed by atoms with van der Waals surface area (Å²) in [5, 5.41) is 3.30. The summed E-state index contributed by atoms with van der Waals surface area (Å²) in [5.41, 5.74) is 2.04. The normalized spacial score (nSPS) is 39.0. The highest BCUT2D eigenvalue weighted by Crippen LogP contribution is 2.82. The molecule has 0 spiro atoms. The first-order valence-electron chi connectivity index (χ1n) is 17.3. The van der Waals surface area contributed by atoms with Crippen LogP contribution in [0.15, 0.2) is 0 Å². The molecule has 5 rings (SSSR count). The Hall–Kier alpha value is -0.610. The second kappa shape index (κ2) is 10.9. The van der Waals surface area contributed by atoms with Crippen LogP contribution >= 0.6 is 0 Å². The molecule has 0 aromatic heterocycles. The van der Waals surface area contributed by atoms with Crippen molar-refractivity contribution < 1.29 is 13.8 Å². The number of carbonyl (C=O) groups excluding carboxylic acids is 1. The van der Waals surface area contributed by atoms with E-state index in [-0.39, 0.29) is 5.41 Å². The molecule has 5 fully saturated rings. The highest BCUT2D eigenvalue weighted by Gasteiger charge is 2.73. The van der Waals surface area contributed by atoms with E-state index < -0.39 is 0 Å². The zero-order valence-electron chi connectivity index (χ0n) is 27.0. The van der Waals surface area contributed by atoms with Crippen LogP contribution in [0.1, 0.15) is 124 Å². The van der Waals surface area contributed by atoms with Gasteiger partial charge < -0.3 is 14.3 Å². The fourth-order valence-corrected chi connectivity index (χ4v) is 10.9. The lowest BCUT2D eigenvalue weighted by molar-refractivity contribution is -1.01. The molecule has 1 saturated heterocycles. The summed E-state index contributed by atoms with van der Waals surface area (Å²) < 4.78 is 2.33. The van der Waals surface area contributed by atoms with Gasteiger partial charge in [-0.2, -0.15) is 0 Å². The van der Waals surface area contributed by atoms with E-state index in [1.54, 1.807) is 0 Å². The Morgan fingerprint density at radius 2 is 1.67 bits per heavy atom. The minimum atomic E-state index is 0.280.